The van der Waals surface area contributed by atoms with Crippen LogP contribution in [-0.4, -0.2) is 35.1 Å². The van der Waals surface area contributed by atoms with E-state index in [1.54, 1.807) is 6.92 Å². The highest BCUT2D eigenvalue weighted by Crippen LogP contribution is 2.11. The van der Waals surface area contributed by atoms with Gasteiger partial charge >= 0.3 is 5.97 Å². The Bertz CT molecular complexity index is 524. The minimum Gasteiger partial charge on any atom is -0.480 e. The largest absolute Gasteiger partial charge is 0.480 e. The fourth-order valence-corrected chi connectivity index (χ4v) is 3.06. The molecule has 8 heteroatoms. The Kier molecular flexibility index (Phi) is 5.49. The molecule has 19 heavy (non-hydrogen) atoms. The number of aliphatic carboxylic acids is 1. The van der Waals surface area contributed by atoms with Gasteiger partial charge < -0.3 is 9.67 Å². The summed E-state index contributed by atoms with van der Waals surface area (Å²) < 4.78 is 27.9. The van der Waals surface area contributed by atoms with E-state index >= 15 is 0 Å². The lowest BCUT2D eigenvalue weighted by atomic mass is 10.1. The first kappa shape index (κ1) is 15.6. The zero-order chi connectivity index (χ0) is 14.5. The van der Waals surface area contributed by atoms with Crippen LogP contribution in [0.25, 0.3) is 0 Å². The van der Waals surface area contributed by atoms with E-state index in [2.05, 4.69) is 9.71 Å². The van der Waals surface area contributed by atoms with E-state index in [0.717, 1.165) is 6.42 Å². The van der Waals surface area contributed by atoms with Gasteiger partial charge in [0.05, 0.1) is 12.5 Å². The first-order chi connectivity index (χ1) is 8.92. The minimum atomic E-state index is -3.86. The second kappa shape index (κ2) is 6.67. The topological polar surface area (TPSA) is 101 Å². The third-order valence-corrected chi connectivity index (χ3v) is 4.22. The number of carbonyl (C=O) groups is 1. The van der Waals surface area contributed by atoms with Crippen molar-refractivity contribution in [2.75, 3.05) is 0 Å². The van der Waals surface area contributed by atoms with Crippen LogP contribution >= 0.6 is 0 Å². The number of sulfonamides is 1. The second-order valence-corrected chi connectivity index (χ2v) is 5.83. The van der Waals surface area contributed by atoms with E-state index in [-0.39, 0.29) is 11.4 Å². The molecule has 0 amide bonds. The van der Waals surface area contributed by atoms with E-state index in [1.807, 2.05) is 6.92 Å². The maximum Gasteiger partial charge on any atom is 0.321 e. The number of nitrogens with zero attached hydrogens (tertiary/aromatic N) is 2. The van der Waals surface area contributed by atoms with Crippen molar-refractivity contribution in [3.05, 3.63) is 12.5 Å². The zero-order valence-corrected chi connectivity index (χ0v) is 11.9. The highest BCUT2D eigenvalue weighted by molar-refractivity contribution is 7.89. The molecule has 0 aliphatic heterocycles. The van der Waals surface area contributed by atoms with Gasteiger partial charge in [0, 0.05) is 6.54 Å². The number of carboxylic acids is 1. The number of aromatic nitrogens is 2. The van der Waals surface area contributed by atoms with Gasteiger partial charge in [-0.05, 0) is 13.3 Å². The summed E-state index contributed by atoms with van der Waals surface area (Å²) >= 11 is 0. The Morgan fingerprint density at radius 1 is 1.53 bits per heavy atom. The van der Waals surface area contributed by atoms with Crippen molar-refractivity contribution >= 4 is 16.0 Å². The molecule has 0 saturated heterocycles. The number of aryl methyl sites for hydroxylation is 1. The van der Waals surface area contributed by atoms with E-state index in [9.17, 15) is 13.2 Å². The quantitative estimate of drug-likeness (QED) is 0.738. The Balaban J connectivity index is 2.91. The van der Waals surface area contributed by atoms with Gasteiger partial charge in [0.25, 0.3) is 10.0 Å². The minimum absolute atomic E-state index is 0.0160. The molecular formula is C11H19N3O4S. The SMILES string of the molecule is CCCCC(NS(=O)(=O)c1cncn1CC)C(=O)O. The molecule has 7 nitrogen and oxygen atoms in total. The Hall–Kier alpha value is -1.41. The molecule has 0 radical (unpaired) electrons. The van der Waals surface area contributed by atoms with Crippen LogP contribution in [0.4, 0.5) is 0 Å². The number of nitrogens with one attached hydrogen (secondary N) is 1. The lowest BCUT2D eigenvalue weighted by Crippen LogP contribution is -2.41. The second-order valence-electron chi connectivity index (χ2n) is 4.17. The Labute approximate surface area is 112 Å². The lowest BCUT2D eigenvalue weighted by molar-refractivity contribution is -0.139. The number of unbranched alkanes of at least 4 members (excludes halogenated alkanes) is 1. The van der Waals surface area contributed by atoms with Crippen molar-refractivity contribution in [3.8, 4) is 0 Å². The molecule has 0 bridgehead atoms. The van der Waals surface area contributed by atoms with Gasteiger partial charge in [-0.25, -0.2) is 13.4 Å². The van der Waals surface area contributed by atoms with Crippen LogP contribution in [-0.2, 0) is 21.4 Å². The molecule has 0 saturated carbocycles. The molecule has 1 aromatic heterocycles. The van der Waals surface area contributed by atoms with E-state index in [1.165, 1.54) is 17.1 Å². The van der Waals surface area contributed by atoms with Crippen molar-refractivity contribution in [2.24, 2.45) is 0 Å². The van der Waals surface area contributed by atoms with Crippen molar-refractivity contribution in [2.45, 2.75) is 50.7 Å². The van der Waals surface area contributed by atoms with Crippen LogP contribution in [0, 0.1) is 0 Å². The highest BCUT2D eigenvalue weighted by atomic mass is 32.2. The number of rotatable bonds is 8. The predicted octanol–water partition coefficient (Wildman–Crippen LogP) is 0.825. The fraction of sp³-hybridized carbons (Fsp3) is 0.636. The first-order valence-corrected chi connectivity index (χ1v) is 7.66. The summed E-state index contributed by atoms with van der Waals surface area (Å²) in [4.78, 5) is 14.8. The summed E-state index contributed by atoms with van der Waals surface area (Å²) in [5, 5.41) is 9.02. The van der Waals surface area contributed by atoms with Crippen molar-refractivity contribution in [3.63, 3.8) is 0 Å². The third-order valence-electron chi connectivity index (χ3n) is 2.73. The molecule has 1 rings (SSSR count). The average molecular weight is 289 g/mol. The van der Waals surface area contributed by atoms with Crippen molar-refractivity contribution in [1.82, 2.24) is 14.3 Å². The predicted molar refractivity (Wildman–Crippen MR) is 69.2 cm³/mol. The normalized spacial score (nSPS) is 13.4. The summed E-state index contributed by atoms with van der Waals surface area (Å²) in [5.74, 6) is -1.17. The first-order valence-electron chi connectivity index (χ1n) is 6.17. The molecule has 1 aromatic rings. The molecular weight excluding hydrogens is 270 g/mol. The molecule has 0 fully saturated rings. The molecule has 1 atom stereocenters. The van der Waals surface area contributed by atoms with Gasteiger partial charge in [0.15, 0.2) is 5.03 Å². The van der Waals surface area contributed by atoms with Crippen LogP contribution in [0.1, 0.15) is 33.1 Å². The van der Waals surface area contributed by atoms with Gasteiger partial charge in [0.2, 0.25) is 0 Å². The van der Waals surface area contributed by atoms with Gasteiger partial charge in [0.1, 0.15) is 6.04 Å². The van der Waals surface area contributed by atoms with Crippen LogP contribution in [0.2, 0.25) is 0 Å². The van der Waals surface area contributed by atoms with E-state index < -0.39 is 22.0 Å². The van der Waals surface area contributed by atoms with Crippen LogP contribution in [0.5, 0.6) is 0 Å². The van der Waals surface area contributed by atoms with Gasteiger partial charge in [-0.3, -0.25) is 4.79 Å². The van der Waals surface area contributed by atoms with Crippen LogP contribution in [0.15, 0.2) is 17.6 Å². The molecule has 108 valence electrons. The fourth-order valence-electron chi connectivity index (χ4n) is 1.66. The van der Waals surface area contributed by atoms with Crippen LogP contribution in [0.3, 0.4) is 0 Å². The number of hydrogen-bond donors (Lipinski definition) is 2. The summed E-state index contributed by atoms with van der Waals surface area (Å²) in [7, 11) is -3.86. The zero-order valence-electron chi connectivity index (χ0n) is 11.0. The summed E-state index contributed by atoms with van der Waals surface area (Å²) in [6.07, 6.45) is 4.33. The van der Waals surface area contributed by atoms with Gasteiger partial charge in [-0.1, -0.05) is 19.8 Å². The molecule has 1 unspecified atom stereocenters. The maximum absolute atomic E-state index is 12.1. The molecule has 2 N–H and O–H groups in total. The molecule has 0 aliphatic carbocycles. The van der Waals surface area contributed by atoms with Crippen molar-refractivity contribution in [1.29, 1.82) is 0 Å². The summed E-state index contributed by atoms with van der Waals surface area (Å²) in [5.41, 5.74) is 0. The van der Waals surface area contributed by atoms with E-state index in [0.29, 0.717) is 13.0 Å². The van der Waals surface area contributed by atoms with Gasteiger partial charge in [-0.15, -0.1) is 0 Å². The lowest BCUT2D eigenvalue weighted by Gasteiger charge is -2.14. The number of carboxylic acid groups (broad SMARTS) is 1. The molecule has 0 spiro atoms. The van der Waals surface area contributed by atoms with Gasteiger partial charge in [-0.2, -0.15) is 4.72 Å². The molecule has 1 heterocycles. The molecule has 0 aliphatic rings. The summed E-state index contributed by atoms with van der Waals surface area (Å²) in [6, 6.07) is -1.11. The molecule has 0 aromatic carbocycles. The van der Waals surface area contributed by atoms with E-state index in [4.69, 9.17) is 5.11 Å². The smallest absolute Gasteiger partial charge is 0.321 e. The highest BCUT2D eigenvalue weighted by Gasteiger charge is 2.26. The number of imidazole rings is 1. The Morgan fingerprint density at radius 3 is 2.74 bits per heavy atom. The van der Waals surface area contributed by atoms with Crippen molar-refractivity contribution < 1.29 is 18.3 Å². The number of hydrogen-bond acceptors (Lipinski definition) is 4. The Morgan fingerprint density at radius 2 is 2.21 bits per heavy atom. The average Bonchev–Trinajstić information content (AvgIpc) is 2.83. The third kappa shape index (κ3) is 4.03. The van der Waals surface area contributed by atoms with Crippen LogP contribution < -0.4 is 4.72 Å². The standard InChI is InChI=1S/C11H19N3O4S/c1-3-5-6-9(11(15)16)13-19(17,18)10-7-12-8-14(10)4-2/h7-9,13H,3-6H2,1-2H3,(H,15,16). The maximum atomic E-state index is 12.1. The summed E-state index contributed by atoms with van der Waals surface area (Å²) in [6.45, 7) is 4.15. The monoisotopic (exact) mass is 289 g/mol.